The average Bonchev–Trinajstić information content (AvgIpc) is 3.25. The van der Waals surface area contributed by atoms with Crippen molar-refractivity contribution in [2.24, 2.45) is 5.92 Å². The lowest BCUT2D eigenvalue weighted by Gasteiger charge is -2.44. The molecule has 0 unspecified atom stereocenters. The second-order valence-electron chi connectivity index (χ2n) is 8.41. The summed E-state index contributed by atoms with van der Waals surface area (Å²) in [5.41, 5.74) is 0. The number of β-lactam (4-membered cyclic amide) rings is 1. The summed E-state index contributed by atoms with van der Waals surface area (Å²) in [6.07, 6.45) is 3.91. The second-order valence-corrected chi connectivity index (χ2v) is 14.3. The van der Waals surface area contributed by atoms with Crippen LogP contribution in [0.15, 0.2) is 37.0 Å². The molecule has 0 radical (unpaired) electrons. The third kappa shape index (κ3) is 4.14. The van der Waals surface area contributed by atoms with Crippen LogP contribution in [-0.4, -0.2) is 53.6 Å². The quantitative estimate of drug-likeness (QED) is 0.277. The molecule has 29 heavy (non-hydrogen) atoms. The van der Waals surface area contributed by atoms with E-state index in [2.05, 4.69) is 45.5 Å². The minimum Gasteiger partial charge on any atom is -0.430 e. The standard InChI is InChI=1S/C19H27N3O5SSi/c1-7-11-25-18(24)27-15-17(21-10-8-9-20-21)28-16-13(14(23)22(15)16)12-26-29(5,6)19(2,3)4/h7-10,13,16H,1,11-12H2,2-6H3/t13-,16+/m0/s1. The molecule has 0 aromatic carbocycles. The van der Waals surface area contributed by atoms with E-state index in [9.17, 15) is 9.59 Å². The van der Waals surface area contributed by atoms with Gasteiger partial charge in [0.2, 0.25) is 11.8 Å². The molecule has 0 saturated carbocycles. The third-order valence-corrected chi connectivity index (χ3v) is 11.3. The summed E-state index contributed by atoms with van der Waals surface area (Å²) in [4.78, 5) is 26.3. The Bertz CT molecular complexity index is 831. The molecule has 1 saturated heterocycles. The van der Waals surface area contributed by atoms with Gasteiger partial charge >= 0.3 is 6.16 Å². The molecule has 0 aliphatic carbocycles. The molecule has 1 fully saturated rings. The van der Waals surface area contributed by atoms with Gasteiger partial charge in [-0.25, -0.2) is 9.48 Å². The summed E-state index contributed by atoms with van der Waals surface area (Å²) in [6, 6.07) is 1.76. The van der Waals surface area contributed by atoms with Crippen LogP contribution >= 0.6 is 11.8 Å². The zero-order valence-electron chi connectivity index (χ0n) is 17.4. The second kappa shape index (κ2) is 8.00. The maximum absolute atomic E-state index is 12.9. The smallest absolute Gasteiger partial charge is 0.430 e. The van der Waals surface area contributed by atoms with Crippen molar-refractivity contribution in [3.8, 4) is 0 Å². The van der Waals surface area contributed by atoms with Crippen molar-refractivity contribution in [3.05, 3.63) is 37.0 Å². The summed E-state index contributed by atoms with van der Waals surface area (Å²) >= 11 is 1.43. The molecule has 1 aromatic rings. The first kappa shape index (κ1) is 21.7. The Hall–Kier alpha value is -2.04. The number of carbonyl (C=O) groups is 2. The summed E-state index contributed by atoms with van der Waals surface area (Å²) in [5.74, 6) is -0.286. The van der Waals surface area contributed by atoms with Gasteiger partial charge in [0.05, 0.1) is 5.92 Å². The van der Waals surface area contributed by atoms with Gasteiger partial charge in [0, 0.05) is 19.0 Å². The topological polar surface area (TPSA) is 82.9 Å². The van der Waals surface area contributed by atoms with Crippen molar-refractivity contribution < 1.29 is 23.5 Å². The molecule has 8 nitrogen and oxygen atoms in total. The number of nitrogens with zero attached hydrogens (tertiary/aromatic N) is 3. The van der Waals surface area contributed by atoms with Gasteiger partial charge in [-0.2, -0.15) is 5.10 Å². The highest BCUT2D eigenvalue weighted by Crippen LogP contribution is 2.51. The highest BCUT2D eigenvalue weighted by molar-refractivity contribution is 8.08. The molecule has 2 atom stereocenters. The van der Waals surface area contributed by atoms with Crippen LogP contribution in [-0.2, 0) is 18.7 Å². The summed E-state index contributed by atoms with van der Waals surface area (Å²) in [6.45, 7) is 14.7. The maximum Gasteiger partial charge on any atom is 0.515 e. The predicted molar refractivity (Wildman–Crippen MR) is 113 cm³/mol. The molecule has 1 amide bonds. The van der Waals surface area contributed by atoms with Crippen LogP contribution in [0.4, 0.5) is 4.79 Å². The number of ether oxygens (including phenoxy) is 2. The first-order chi connectivity index (χ1) is 13.6. The van der Waals surface area contributed by atoms with Crippen LogP contribution in [0.25, 0.3) is 5.03 Å². The number of thioether (sulfide) groups is 1. The fraction of sp³-hybridized carbons (Fsp3) is 0.526. The van der Waals surface area contributed by atoms with Crippen molar-refractivity contribution in [3.63, 3.8) is 0 Å². The van der Waals surface area contributed by atoms with Crippen LogP contribution < -0.4 is 0 Å². The minimum absolute atomic E-state index is 0.0245. The summed E-state index contributed by atoms with van der Waals surface area (Å²) in [5, 5.41) is 4.64. The third-order valence-electron chi connectivity index (χ3n) is 5.43. The predicted octanol–water partition coefficient (Wildman–Crippen LogP) is 3.86. The average molecular weight is 438 g/mol. The van der Waals surface area contributed by atoms with E-state index in [1.807, 2.05) is 0 Å². The highest BCUT2D eigenvalue weighted by atomic mass is 32.2. The first-order valence-corrected chi connectivity index (χ1v) is 13.2. The Morgan fingerprint density at radius 3 is 2.72 bits per heavy atom. The van der Waals surface area contributed by atoms with Crippen LogP contribution in [0.1, 0.15) is 20.8 Å². The fourth-order valence-electron chi connectivity index (χ4n) is 2.68. The van der Waals surface area contributed by atoms with Gasteiger partial charge in [-0.05, 0) is 24.2 Å². The Labute approximate surface area is 176 Å². The van der Waals surface area contributed by atoms with E-state index < -0.39 is 14.5 Å². The van der Waals surface area contributed by atoms with Gasteiger partial charge in [0.15, 0.2) is 13.3 Å². The van der Waals surface area contributed by atoms with E-state index in [1.54, 1.807) is 23.1 Å². The first-order valence-electron chi connectivity index (χ1n) is 9.40. The Morgan fingerprint density at radius 2 is 2.14 bits per heavy atom. The van der Waals surface area contributed by atoms with E-state index in [1.165, 1.54) is 22.7 Å². The summed E-state index contributed by atoms with van der Waals surface area (Å²) in [7, 11) is -1.98. The van der Waals surface area contributed by atoms with E-state index >= 15 is 0 Å². The van der Waals surface area contributed by atoms with Gasteiger partial charge in [0.25, 0.3) is 0 Å². The van der Waals surface area contributed by atoms with Crippen molar-refractivity contribution in [1.82, 2.24) is 14.7 Å². The van der Waals surface area contributed by atoms with Gasteiger partial charge in [-0.1, -0.05) is 45.2 Å². The molecule has 158 valence electrons. The van der Waals surface area contributed by atoms with Crippen molar-refractivity contribution in [2.75, 3.05) is 13.2 Å². The molecule has 1 aromatic heterocycles. The number of amides is 1. The lowest BCUT2D eigenvalue weighted by Crippen LogP contribution is -2.59. The maximum atomic E-state index is 12.9. The monoisotopic (exact) mass is 437 g/mol. The number of aromatic nitrogens is 2. The molecule has 0 N–H and O–H groups in total. The number of rotatable bonds is 7. The fourth-order valence-corrected chi connectivity index (χ4v) is 5.06. The largest absolute Gasteiger partial charge is 0.515 e. The molecule has 10 heteroatoms. The molecular formula is C19H27N3O5SSi. The molecular weight excluding hydrogens is 410 g/mol. The number of fused-ring (bicyclic) bond motifs is 1. The molecule has 2 aliphatic rings. The molecule has 0 spiro atoms. The van der Waals surface area contributed by atoms with E-state index in [0.29, 0.717) is 11.6 Å². The number of hydrogen-bond acceptors (Lipinski definition) is 7. The lowest BCUT2D eigenvalue weighted by molar-refractivity contribution is -0.151. The van der Waals surface area contributed by atoms with Crippen LogP contribution in [0.3, 0.4) is 0 Å². The zero-order valence-corrected chi connectivity index (χ0v) is 19.2. The van der Waals surface area contributed by atoms with Gasteiger partial charge in [0.1, 0.15) is 12.0 Å². The zero-order chi connectivity index (χ0) is 21.4. The summed E-state index contributed by atoms with van der Waals surface area (Å²) < 4.78 is 18.1. The Morgan fingerprint density at radius 1 is 1.41 bits per heavy atom. The molecule has 3 heterocycles. The van der Waals surface area contributed by atoms with Crippen molar-refractivity contribution >= 4 is 37.2 Å². The van der Waals surface area contributed by atoms with E-state index in [4.69, 9.17) is 13.9 Å². The molecule has 0 bridgehead atoms. The van der Waals surface area contributed by atoms with Crippen LogP contribution in [0.5, 0.6) is 0 Å². The van der Waals surface area contributed by atoms with Gasteiger partial charge in [-0.15, -0.1) is 0 Å². The minimum atomic E-state index is -1.98. The highest BCUT2D eigenvalue weighted by Gasteiger charge is 2.57. The van der Waals surface area contributed by atoms with Crippen molar-refractivity contribution in [2.45, 2.75) is 44.3 Å². The Balaban J connectivity index is 1.75. The lowest BCUT2D eigenvalue weighted by atomic mass is 10.00. The van der Waals surface area contributed by atoms with Crippen LogP contribution in [0, 0.1) is 5.92 Å². The molecule has 3 rings (SSSR count). The van der Waals surface area contributed by atoms with Crippen molar-refractivity contribution in [1.29, 1.82) is 0 Å². The van der Waals surface area contributed by atoms with Gasteiger partial charge < -0.3 is 13.9 Å². The molecule has 2 aliphatic heterocycles. The number of carbonyl (C=O) groups excluding carboxylic acids is 2. The van der Waals surface area contributed by atoms with Gasteiger partial charge in [-0.3, -0.25) is 9.69 Å². The SMILES string of the molecule is C=CCOC(=O)OC1=C(n2cccn2)S[C@@H]2[C@@H](CO[Si](C)(C)C(C)(C)C)C(=O)N12. The normalized spacial score (nSPS) is 21.7. The van der Waals surface area contributed by atoms with E-state index in [-0.39, 0.29) is 34.7 Å². The Kier molecular flexibility index (Phi) is 5.97. The number of hydrogen-bond donors (Lipinski definition) is 0. The van der Waals surface area contributed by atoms with Crippen LogP contribution in [0.2, 0.25) is 18.1 Å². The van der Waals surface area contributed by atoms with E-state index in [0.717, 1.165) is 0 Å².